The van der Waals surface area contributed by atoms with E-state index in [4.69, 9.17) is 0 Å². The van der Waals surface area contributed by atoms with Crippen LogP contribution in [0.2, 0.25) is 0 Å². The fourth-order valence-electron chi connectivity index (χ4n) is 3.28. The summed E-state index contributed by atoms with van der Waals surface area (Å²) < 4.78 is 1.86. The van der Waals surface area contributed by atoms with Gasteiger partial charge in [0.1, 0.15) is 12.7 Å². The van der Waals surface area contributed by atoms with Crippen LogP contribution in [0.3, 0.4) is 0 Å². The van der Waals surface area contributed by atoms with Crippen LogP contribution in [0.25, 0.3) is 0 Å². The zero-order valence-corrected chi connectivity index (χ0v) is 15.3. The van der Waals surface area contributed by atoms with E-state index in [1.807, 2.05) is 9.58 Å². The van der Waals surface area contributed by atoms with Gasteiger partial charge in [-0.2, -0.15) is 5.10 Å². The summed E-state index contributed by atoms with van der Waals surface area (Å²) in [5.74, 6) is 0. The first kappa shape index (κ1) is 17.5. The number of benzene rings is 1. The quantitative estimate of drug-likeness (QED) is 0.930. The molecule has 134 valence electrons. The second-order valence-electron chi connectivity index (χ2n) is 7.53. The van der Waals surface area contributed by atoms with Crippen LogP contribution in [0.15, 0.2) is 36.9 Å². The predicted octanol–water partition coefficient (Wildman–Crippen LogP) is 2.91. The number of hydrogen-bond donors (Lipinski definition) is 1. The molecule has 6 heteroatoms. The molecule has 0 radical (unpaired) electrons. The third-order valence-corrected chi connectivity index (χ3v) is 5.01. The number of aromatic nitrogens is 3. The molecule has 1 aliphatic heterocycles. The SMILES string of the molecule is Cc1ccc(C(C)(C)CNC(=O)N2CCC[C@H](n3cncn3)C2)cc1. The molecule has 25 heavy (non-hydrogen) atoms. The molecule has 1 aromatic heterocycles. The van der Waals surface area contributed by atoms with Crippen molar-refractivity contribution in [3.05, 3.63) is 48.0 Å². The van der Waals surface area contributed by atoms with Crippen LogP contribution in [-0.4, -0.2) is 45.3 Å². The molecular weight excluding hydrogens is 314 g/mol. The van der Waals surface area contributed by atoms with E-state index in [0.717, 1.165) is 19.4 Å². The number of carbonyl (C=O) groups is 1. The molecule has 0 bridgehead atoms. The Morgan fingerprint density at radius 1 is 1.32 bits per heavy atom. The van der Waals surface area contributed by atoms with E-state index in [1.165, 1.54) is 11.1 Å². The number of urea groups is 1. The second-order valence-corrected chi connectivity index (χ2v) is 7.53. The molecule has 2 heterocycles. The molecule has 2 aromatic rings. The van der Waals surface area contributed by atoms with Crippen LogP contribution in [0.1, 0.15) is 43.9 Å². The minimum atomic E-state index is -0.107. The van der Waals surface area contributed by atoms with Crippen LogP contribution in [0, 0.1) is 6.92 Å². The summed E-state index contributed by atoms with van der Waals surface area (Å²) in [7, 11) is 0. The van der Waals surface area contributed by atoms with E-state index in [9.17, 15) is 4.79 Å². The Morgan fingerprint density at radius 2 is 2.08 bits per heavy atom. The maximum Gasteiger partial charge on any atom is 0.317 e. The number of piperidine rings is 1. The van der Waals surface area contributed by atoms with Crippen molar-refractivity contribution in [2.45, 2.75) is 45.1 Å². The van der Waals surface area contributed by atoms with Gasteiger partial charge >= 0.3 is 6.03 Å². The maximum atomic E-state index is 12.6. The van der Waals surface area contributed by atoms with E-state index in [-0.39, 0.29) is 17.5 Å². The molecule has 2 amide bonds. The Balaban J connectivity index is 1.57. The first-order chi connectivity index (χ1) is 12.0. The number of carbonyl (C=O) groups excluding carboxylic acids is 1. The molecule has 1 saturated heterocycles. The molecule has 0 spiro atoms. The van der Waals surface area contributed by atoms with Crippen LogP contribution < -0.4 is 5.32 Å². The summed E-state index contributed by atoms with van der Waals surface area (Å²) in [6, 6.07) is 8.74. The molecule has 1 aromatic carbocycles. The molecule has 1 N–H and O–H groups in total. The van der Waals surface area contributed by atoms with Crippen LogP contribution >= 0.6 is 0 Å². The van der Waals surface area contributed by atoms with Crippen molar-refractivity contribution < 1.29 is 4.79 Å². The fourth-order valence-corrected chi connectivity index (χ4v) is 3.28. The average molecular weight is 341 g/mol. The third-order valence-electron chi connectivity index (χ3n) is 5.01. The van der Waals surface area contributed by atoms with Gasteiger partial charge in [-0.1, -0.05) is 43.7 Å². The van der Waals surface area contributed by atoms with Gasteiger partial charge in [0.25, 0.3) is 0 Å². The summed E-state index contributed by atoms with van der Waals surface area (Å²) in [6.45, 7) is 8.49. The van der Waals surface area contributed by atoms with Gasteiger partial charge in [0, 0.05) is 25.0 Å². The third kappa shape index (κ3) is 4.18. The summed E-state index contributed by atoms with van der Waals surface area (Å²) in [5.41, 5.74) is 2.37. The van der Waals surface area contributed by atoms with E-state index in [0.29, 0.717) is 13.1 Å². The Bertz CT molecular complexity index is 693. The normalized spacial score (nSPS) is 18.2. The van der Waals surface area contributed by atoms with Gasteiger partial charge in [0.2, 0.25) is 0 Å². The zero-order valence-electron chi connectivity index (χ0n) is 15.3. The average Bonchev–Trinajstić information content (AvgIpc) is 3.15. The number of rotatable bonds is 4. The summed E-state index contributed by atoms with van der Waals surface area (Å²) in [6.07, 6.45) is 5.29. The largest absolute Gasteiger partial charge is 0.337 e. The molecular formula is C19H27N5O. The zero-order chi connectivity index (χ0) is 17.9. The summed E-state index contributed by atoms with van der Waals surface area (Å²) in [5, 5.41) is 7.33. The minimum absolute atomic E-state index is 0.00463. The molecule has 6 nitrogen and oxygen atoms in total. The molecule has 3 rings (SSSR count). The lowest BCUT2D eigenvalue weighted by molar-refractivity contribution is 0.161. The first-order valence-corrected chi connectivity index (χ1v) is 8.90. The lowest BCUT2D eigenvalue weighted by Crippen LogP contribution is -2.48. The highest BCUT2D eigenvalue weighted by molar-refractivity contribution is 5.74. The van der Waals surface area contributed by atoms with Crippen LogP contribution in [-0.2, 0) is 5.41 Å². The lowest BCUT2D eigenvalue weighted by atomic mass is 9.84. The van der Waals surface area contributed by atoms with Crippen molar-refractivity contribution in [3.8, 4) is 0 Å². The molecule has 1 fully saturated rings. The number of likely N-dealkylation sites (tertiary alicyclic amines) is 1. The number of aryl methyl sites for hydroxylation is 1. The highest BCUT2D eigenvalue weighted by Crippen LogP contribution is 2.23. The molecule has 1 atom stereocenters. The smallest absolute Gasteiger partial charge is 0.317 e. The number of nitrogens with zero attached hydrogens (tertiary/aromatic N) is 4. The van der Waals surface area contributed by atoms with Crippen molar-refractivity contribution in [1.29, 1.82) is 0 Å². The van der Waals surface area contributed by atoms with Gasteiger partial charge in [-0.3, -0.25) is 0 Å². The Labute approximate surface area is 149 Å². The Hall–Kier alpha value is -2.37. The van der Waals surface area contributed by atoms with E-state index >= 15 is 0 Å². The fraction of sp³-hybridized carbons (Fsp3) is 0.526. The monoisotopic (exact) mass is 341 g/mol. The van der Waals surface area contributed by atoms with Crippen LogP contribution in [0.4, 0.5) is 4.79 Å². The predicted molar refractivity (Wildman–Crippen MR) is 97.5 cm³/mol. The van der Waals surface area contributed by atoms with Crippen molar-refractivity contribution in [2.24, 2.45) is 0 Å². The Morgan fingerprint density at radius 3 is 2.76 bits per heavy atom. The standard InChI is InChI=1S/C19H27N5O/c1-15-6-8-16(9-7-15)19(2,3)12-21-18(25)23-10-4-5-17(11-23)24-14-20-13-22-24/h6-9,13-14,17H,4-5,10-12H2,1-3H3,(H,21,25)/t17-/m0/s1. The summed E-state index contributed by atoms with van der Waals surface area (Å²) in [4.78, 5) is 18.5. The van der Waals surface area contributed by atoms with E-state index < -0.39 is 0 Å². The van der Waals surface area contributed by atoms with Gasteiger partial charge in [0.05, 0.1) is 6.04 Å². The van der Waals surface area contributed by atoms with Crippen molar-refractivity contribution in [3.63, 3.8) is 0 Å². The molecule has 1 aliphatic rings. The highest BCUT2D eigenvalue weighted by atomic mass is 16.2. The van der Waals surface area contributed by atoms with Gasteiger partial charge in [0.15, 0.2) is 0 Å². The first-order valence-electron chi connectivity index (χ1n) is 8.90. The van der Waals surface area contributed by atoms with Gasteiger partial charge in [-0.15, -0.1) is 0 Å². The van der Waals surface area contributed by atoms with E-state index in [1.54, 1.807) is 12.7 Å². The maximum absolute atomic E-state index is 12.6. The summed E-state index contributed by atoms with van der Waals surface area (Å²) >= 11 is 0. The number of nitrogens with one attached hydrogen (secondary N) is 1. The molecule has 0 unspecified atom stereocenters. The molecule has 0 saturated carbocycles. The van der Waals surface area contributed by atoms with Crippen molar-refractivity contribution >= 4 is 6.03 Å². The molecule has 0 aliphatic carbocycles. The minimum Gasteiger partial charge on any atom is -0.337 e. The number of hydrogen-bond acceptors (Lipinski definition) is 3. The lowest BCUT2D eigenvalue weighted by Gasteiger charge is -2.34. The highest BCUT2D eigenvalue weighted by Gasteiger charge is 2.27. The van der Waals surface area contributed by atoms with Crippen LogP contribution in [0.5, 0.6) is 0 Å². The van der Waals surface area contributed by atoms with E-state index in [2.05, 4.69) is 60.4 Å². The van der Waals surface area contributed by atoms with Gasteiger partial charge in [-0.05, 0) is 25.3 Å². The van der Waals surface area contributed by atoms with Crippen molar-refractivity contribution in [2.75, 3.05) is 19.6 Å². The van der Waals surface area contributed by atoms with Gasteiger partial charge < -0.3 is 10.2 Å². The van der Waals surface area contributed by atoms with Gasteiger partial charge in [-0.25, -0.2) is 14.5 Å². The van der Waals surface area contributed by atoms with Crippen molar-refractivity contribution in [1.82, 2.24) is 25.0 Å². The Kier molecular flexibility index (Phi) is 5.06. The topological polar surface area (TPSA) is 63.1 Å². The number of amides is 2. The second kappa shape index (κ2) is 7.25.